The number of carbonyl (C=O) groups excluding carboxylic acids is 2. The zero-order chi connectivity index (χ0) is 26.3. The van der Waals surface area contributed by atoms with Gasteiger partial charge in [0.1, 0.15) is 5.75 Å². The molecule has 2 fully saturated rings. The Labute approximate surface area is 216 Å². The van der Waals surface area contributed by atoms with Crippen LogP contribution in [0.5, 0.6) is 5.75 Å². The number of amides is 2. The number of phenols is 1. The molecular formula is C28H32BNO7. The van der Waals surface area contributed by atoms with Gasteiger partial charge in [0.15, 0.2) is 0 Å². The molecule has 37 heavy (non-hydrogen) atoms. The Balaban J connectivity index is 1.43. The highest BCUT2D eigenvalue weighted by Crippen LogP contribution is 2.52. The van der Waals surface area contributed by atoms with Crippen LogP contribution in [0.3, 0.4) is 0 Å². The Morgan fingerprint density at radius 1 is 1.05 bits per heavy atom. The number of likely N-dealkylation sites (tertiary alicyclic amines) is 1. The number of unbranched alkanes of at least 4 members (excludes halogenated alkanes) is 2. The van der Waals surface area contributed by atoms with Crippen LogP contribution in [0, 0.1) is 17.8 Å². The molecule has 0 saturated carbocycles. The molecule has 8 nitrogen and oxygen atoms in total. The largest absolute Gasteiger partial charge is 0.507 e. The van der Waals surface area contributed by atoms with Crippen LogP contribution in [0.1, 0.15) is 63.5 Å². The smallest absolute Gasteiger partial charge is 0.487 e. The van der Waals surface area contributed by atoms with Gasteiger partial charge in [-0.1, -0.05) is 49.2 Å². The van der Waals surface area contributed by atoms with Gasteiger partial charge >= 0.3 is 13.1 Å². The van der Waals surface area contributed by atoms with Gasteiger partial charge in [0.05, 0.1) is 17.9 Å². The summed E-state index contributed by atoms with van der Waals surface area (Å²) in [6, 6.07) is 10.9. The standard InChI is InChI=1S/C28H32BNO7/c1-2-16-14-21-25(28(35)30(27(21)34)13-7-3-4-10-24(32)33)20-15-23(37-29(36)26(16)20)19-11-12-22(31)18-9-6-5-8-17(18)19/h5-6,8-9,11-12,20-21,23,25,31,36H,2-4,7,10,13-15H2,1H3,(H,32,33)/t20-,21-,23-,25+/m0/s1. The van der Waals surface area contributed by atoms with Crippen molar-refractivity contribution < 1.29 is 34.3 Å². The molecule has 0 bridgehead atoms. The van der Waals surface area contributed by atoms with Crippen molar-refractivity contribution in [3.8, 4) is 5.75 Å². The first-order chi connectivity index (χ1) is 17.8. The second kappa shape index (κ2) is 10.3. The van der Waals surface area contributed by atoms with Crippen LogP contribution in [0.15, 0.2) is 47.4 Å². The number of aliphatic carboxylic acids is 1. The number of hydrogen-bond donors (Lipinski definition) is 3. The summed E-state index contributed by atoms with van der Waals surface area (Å²) in [6.45, 7) is 2.28. The van der Waals surface area contributed by atoms with Gasteiger partial charge in [0.25, 0.3) is 0 Å². The lowest BCUT2D eigenvalue weighted by Crippen LogP contribution is -2.44. The molecule has 0 radical (unpaired) electrons. The van der Waals surface area contributed by atoms with Crippen LogP contribution >= 0.6 is 0 Å². The second-order valence-corrected chi connectivity index (χ2v) is 10.3. The van der Waals surface area contributed by atoms with Gasteiger partial charge in [-0.25, -0.2) is 0 Å². The quantitative estimate of drug-likeness (QED) is 0.281. The lowest BCUT2D eigenvalue weighted by molar-refractivity contribution is -0.141. The maximum absolute atomic E-state index is 13.6. The van der Waals surface area contributed by atoms with Crippen LogP contribution in [0.4, 0.5) is 0 Å². The van der Waals surface area contributed by atoms with Crippen LogP contribution in [-0.4, -0.2) is 51.6 Å². The van der Waals surface area contributed by atoms with Gasteiger partial charge in [-0.15, -0.1) is 0 Å². The summed E-state index contributed by atoms with van der Waals surface area (Å²) in [6.07, 6.45) is 2.86. The van der Waals surface area contributed by atoms with E-state index in [0.717, 1.165) is 22.0 Å². The van der Waals surface area contributed by atoms with Crippen LogP contribution < -0.4 is 0 Å². The highest BCUT2D eigenvalue weighted by atomic mass is 16.5. The maximum atomic E-state index is 13.6. The molecule has 2 aromatic carbocycles. The Morgan fingerprint density at radius 3 is 2.54 bits per heavy atom. The first-order valence-corrected chi connectivity index (χ1v) is 13.1. The first-order valence-electron chi connectivity index (χ1n) is 13.1. The molecule has 0 aromatic heterocycles. The molecule has 5 rings (SSSR count). The lowest BCUT2D eigenvalue weighted by Gasteiger charge is -2.42. The number of hydrogen-bond acceptors (Lipinski definition) is 6. The van der Waals surface area contributed by atoms with Gasteiger partial charge in [0.2, 0.25) is 11.8 Å². The number of carbonyl (C=O) groups is 3. The first kappa shape index (κ1) is 25.5. The topological polar surface area (TPSA) is 124 Å². The summed E-state index contributed by atoms with van der Waals surface area (Å²) >= 11 is 0. The Kier molecular flexibility index (Phi) is 7.10. The van der Waals surface area contributed by atoms with Crippen molar-refractivity contribution in [3.63, 3.8) is 0 Å². The third-order valence-electron chi connectivity index (χ3n) is 8.28. The van der Waals surface area contributed by atoms with E-state index in [1.807, 2.05) is 31.2 Å². The molecule has 0 unspecified atom stereocenters. The molecular weight excluding hydrogens is 473 g/mol. The average Bonchev–Trinajstić information content (AvgIpc) is 3.12. The van der Waals surface area contributed by atoms with Gasteiger partial charge < -0.3 is 19.9 Å². The summed E-state index contributed by atoms with van der Waals surface area (Å²) in [5, 5.41) is 31.8. The van der Waals surface area contributed by atoms with E-state index >= 15 is 0 Å². The Morgan fingerprint density at radius 2 is 1.81 bits per heavy atom. The molecule has 194 valence electrons. The van der Waals surface area contributed by atoms with Crippen molar-refractivity contribution in [2.45, 2.75) is 58.0 Å². The lowest BCUT2D eigenvalue weighted by atomic mass is 9.55. The SMILES string of the molecule is CCC1=C2B(O)O[C@H](c3ccc(O)c4ccccc34)C[C@H]2[C@H]2C(=O)N(CCCCCC(=O)O)C(=O)[C@H]2C1. The summed E-state index contributed by atoms with van der Waals surface area (Å²) < 4.78 is 6.13. The van der Waals surface area contributed by atoms with Crippen molar-refractivity contribution >= 4 is 35.7 Å². The zero-order valence-corrected chi connectivity index (χ0v) is 20.9. The van der Waals surface area contributed by atoms with Gasteiger partial charge in [-0.3, -0.25) is 19.3 Å². The number of nitrogens with zero attached hydrogens (tertiary/aromatic N) is 1. The summed E-state index contributed by atoms with van der Waals surface area (Å²) in [4.78, 5) is 39.1. The molecule has 2 aliphatic heterocycles. The van der Waals surface area contributed by atoms with Gasteiger partial charge in [0, 0.05) is 18.4 Å². The van der Waals surface area contributed by atoms with Crippen molar-refractivity contribution in [1.82, 2.24) is 4.90 Å². The monoisotopic (exact) mass is 505 g/mol. The Bertz CT molecular complexity index is 1270. The van der Waals surface area contributed by atoms with Crippen LogP contribution in [-0.2, 0) is 19.0 Å². The maximum Gasteiger partial charge on any atom is 0.487 e. The van der Waals surface area contributed by atoms with Crippen LogP contribution in [0.25, 0.3) is 10.8 Å². The number of phenolic OH excluding ortho intramolecular Hbond substituents is 1. The average molecular weight is 505 g/mol. The van der Waals surface area contributed by atoms with E-state index in [9.17, 15) is 24.5 Å². The van der Waals surface area contributed by atoms with E-state index in [1.54, 1.807) is 12.1 Å². The fourth-order valence-electron chi connectivity index (χ4n) is 6.55. The third kappa shape index (κ3) is 4.55. The molecule has 9 heteroatoms. The van der Waals surface area contributed by atoms with E-state index < -0.39 is 31.0 Å². The zero-order valence-electron chi connectivity index (χ0n) is 20.9. The second-order valence-electron chi connectivity index (χ2n) is 10.3. The molecule has 4 atom stereocenters. The van der Waals surface area contributed by atoms with Crippen molar-refractivity contribution in [2.75, 3.05) is 6.54 Å². The van der Waals surface area contributed by atoms with Crippen LogP contribution in [0.2, 0.25) is 0 Å². The fraction of sp³-hybridized carbons (Fsp3) is 0.464. The molecule has 2 heterocycles. The Hall–Kier alpha value is -3.17. The number of carboxylic acid groups (broad SMARTS) is 1. The van der Waals surface area contributed by atoms with Crippen molar-refractivity contribution in [1.29, 1.82) is 0 Å². The predicted molar refractivity (Wildman–Crippen MR) is 137 cm³/mol. The van der Waals surface area contributed by atoms with E-state index in [-0.39, 0.29) is 29.9 Å². The minimum atomic E-state index is -1.17. The summed E-state index contributed by atoms with van der Waals surface area (Å²) in [5.74, 6) is -2.35. The summed E-state index contributed by atoms with van der Waals surface area (Å²) in [5.41, 5.74) is 2.56. The normalized spacial score (nSPS) is 25.6. The number of allylic oxidation sites excluding steroid dienone is 2. The molecule has 3 N–H and O–H groups in total. The number of aromatic hydroxyl groups is 1. The molecule has 2 amide bonds. The third-order valence-corrected chi connectivity index (χ3v) is 8.28. The van der Waals surface area contributed by atoms with Gasteiger partial charge in [-0.05, 0) is 60.5 Å². The number of carboxylic acids is 1. The van der Waals surface area contributed by atoms with E-state index in [1.165, 1.54) is 4.90 Å². The van der Waals surface area contributed by atoms with E-state index in [2.05, 4.69) is 0 Å². The summed E-state index contributed by atoms with van der Waals surface area (Å²) in [7, 11) is -1.17. The highest BCUT2D eigenvalue weighted by molar-refractivity contribution is 6.53. The van der Waals surface area contributed by atoms with Crippen molar-refractivity contribution in [3.05, 3.63) is 53.0 Å². The molecule has 3 aliphatic rings. The number of rotatable bonds is 8. The fourth-order valence-corrected chi connectivity index (χ4v) is 6.55. The van der Waals surface area contributed by atoms with Crippen molar-refractivity contribution in [2.24, 2.45) is 17.8 Å². The van der Waals surface area contributed by atoms with E-state index in [4.69, 9.17) is 9.76 Å². The van der Waals surface area contributed by atoms with Gasteiger partial charge in [-0.2, -0.15) is 0 Å². The molecule has 1 aliphatic carbocycles. The van der Waals surface area contributed by atoms with E-state index in [0.29, 0.717) is 50.5 Å². The highest BCUT2D eigenvalue weighted by Gasteiger charge is 2.57. The minimum Gasteiger partial charge on any atom is -0.507 e. The number of imide groups is 1. The number of fused-ring (bicyclic) bond motifs is 4. The molecule has 2 saturated heterocycles. The number of benzene rings is 2. The minimum absolute atomic E-state index is 0.0770. The molecule has 0 spiro atoms. The predicted octanol–water partition coefficient (Wildman–Crippen LogP) is 4.00. The molecule has 2 aromatic rings.